The summed E-state index contributed by atoms with van der Waals surface area (Å²) in [4.78, 5) is 75.1. The highest BCUT2D eigenvalue weighted by atomic mass is 31.2. The first-order chi connectivity index (χ1) is 29.2. The first kappa shape index (κ1) is 44.8. The topological polar surface area (TPSA) is 185 Å². The lowest BCUT2D eigenvalue weighted by Gasteiger charge is -2.36. The maximum Gasteiger partial charge on any atom is 0.337 e. The number of aliphatic hydroxyl groups excluding tert-OH is 1. The standard InChI is InChI=1S/C45H52N7O8P/c1-8-24-48-42(55)37-27-36-38(47-44(57)51(43(36)56)41(54)34-18-12-31(7)13-19-34)49(39(37)50(45(48)58)40(53)33-16-10-30(6)11-17-33)35-20-14-32(15-21-35)22-26-60-61(59-25-9-23-46)52(28(2)3)29(4)5/h10-21,28-29,40,53H,8-9,22,24-27H2,1-7H3,(H,47,57). The predicted octanol–water partition coefficient (Wildman–Crippen LogP) is 6.32. The number of aliphatic hydroxyl groups is 1. The van der Waals surface area contributed by atoms with Crippen molar-refractivity contribution in [1.82, 2.24) is 23.4 Å². The van der Waals surface area contributed by atoms with Crippen LogP contribution in [0.2, 0.25) is 0 Å². The second-order valence-corrected chi connectivity index (χ2v) is 17.0. The lowest BCUT2D eigenvalue weighted by atomic mass is 10.0. The van der Waals surface area contributed by atoms with E-state index in [0.29, 0.717) is 35.3 Å². The van der Waals surface area contributed by atoms with Gasteiger partial charge in [-0.25, -0.2) is 18.8 Å². The molecule has 1 aliphatic rings. The molecule has 0 amide bonds. The molecule has 0 radical (unpaired) electrons. The van der Waals surface area contributed by atoms with Gasteiger partial charge in [0.1, 0.15) is 11.6 Å². The third-order valence-corrected chi connectivity index (χ3v) is 12.5. The summed E-state index contributed by atoms with van der Waals surface area (Å²) in [6.07, 6.45) is -0.797. The molecular weight excluding hydrogens is 798 g/mol. The van der Waals surface area contributed by atoms with E-state index in [4.69, 9.17) is 14.3 Å². The van der Waals surface area contributed by atoms with E-state index in [1.165, 1.54) is 17.0 Å². The summed E-state index contributed by atoms with van der Waals surface area (Å²) in [6.45, 7) is 14.4. The maximum atomic E-state index is 14.4. The Morgan fingerprint density at radius 3 is 2.07 bits per heavy atom. The minimum Gasteiger partial charge on any atom is -0.369 e. The highest BCUT2D eigenvalue weighted by Crippen LogP contribution is 2.46. The smallest absolute Gasteiger partial charge is 0.337 e. The zero-order chi connectivity index (χ0) is 44.1. The lowest BCUT2D eigenvalue weighted by Crippen LogP contribution is -2.49. The van der Waals surface area contributed by atoms with Gasteiger partial charge in [-0.1, -0.05) is 66.6 Å². The number of rotatable bonds is 16. The van der Waals surface area contributed by atoms with Crippen LogP contribution in [0.4, 0.5) is 17.3 Å². The largest absolute Gasteiger partial charge is 0.369 e. The minimum atomic E-state index is -1.58. The number of benzene rings is 3. The number of H-pyrrole nitrogens is 1. The summed E-state index contributed by atoms with van der Waals surface area (Å²) in [6, 6.07) is 22.9. The van der Waals surface area contributed by atoms with Crippen molar-refractivity contribution in [3.05, 3.63) is 153 Å². The van der Waals surface area contributed by atoms with Crippen LogP contribution >= 0.6 is 8.53 Å². The van der Waals surface area contributed by atoms with E-state index < -0.39 is 43.2 Å². The molecule has 6 rings (SSSR count). The molecule has 1 aliphatic heterocycles. The SMILES string of the molecule is CCCn1c(=O)c2c(n(C(O)c3ccc(C)cc3)c1=O)N(c1ccc(CCOP(OCCC#N)N(C(C)C)C(C)C)cc1)c1[nH]c(=O)n(C(=O)c3ccc(C)cc3)c(=O)c1C2. The van der Waals surface area contributed by atoms with Gasteiger partial charge in [0.15, 0.2) is 6.23 Å². The number of carbonyl (C=O) groups excluding carboxylic acids is 1. The van der Waals surface area contributed by atoms with Crippen LogP contribution in [-0.4, -0.2) is 59.7 Å². The minimum absolute atomic E-state index is 0.0206. The molecule has 3 heterocycles. The summed E-state index contributed by atoms with van der Waals surface area (Å²) in [5, 5.41) is 21.1. The molecule has 3 aromatic carbocycles. The molecule has 0 saturated heterocycles. The molecule has 0 aliphatic carbocycles. The van der Waals surface area contributed by atoms with Gasteiger partial charge in [0.25, 0.3) is 25.6 Å². The van der Waals surface area contributed by atoms with E-state index in [1.807, 2.05) is 32.9 Å². The fourth-order valence-electron chi connectivity index (χ4n) is 7.46. The lowest BCUT2D eigenvalue weighted by molar-refractivity contribution is 0.0950. The van der Waals surface area contributed by atoms with Crippen molar-refractivity contribution in [2.24, 2.45) is 0 Å². The van der Waals surface area contributed by atoms with Gasteiger partial charge in [0, 0.05) is 41.9 Å². The van der Waals surface area contributed by atoms with E-state index in [1.54, 1.807) is 48.5 Å². The van der Waals surface area contributed by atoms with Crippen LogP contribution in [0.3, 0.4) is 0 Å². The van der Waals surface area contributed by atoms with E-state index in [0.717, 1.165) is 25.8 Å². The average Bonchev–Trinajstić information content (AvgIpc) is 3.22. The number of nitrogens with zero attached hydrogens (tertiary/aromatic N) is 6. The molecule has 0 fully saturated rings. The molecule has 2 unspecified atom stereocenters. The van der Waals surface area contributed by atoms with Gasteiger partial charge < -0.3 is 14.2 Å². The monoisotopic (exact) mass is 849 g/mol. The number of nitrogens with one attached hydrogen (secondary N) is 1. The quantitative estimate of drug-likeness (QED) is 0.0820. The van der Waals surface area contributed by atoms with Gasteiger partial charge >= 0.3 is 11.4 Å². The summed E-state index contributed by atoms with van der Waals surface area (Å²) in [5.74, 6) is -0.921. The molecule has 0 bridgehead atoms. The third kappa shape index (κ3) is 9.29. The molecule has 15 nitrogen and oxygen atoms in total. The number of aromatic amines is 1. The van der Waals surface area contributed by atoms with Crippen LogP contribution in [0.1, 0.15) is 97.4 Å². The normalized spacial score (nSPS) is 13.3. The maximum absolute atomic E-state index is 14.4. The van der Waals surface area contributed by atoms with E-state index >= 15 is 0 Å². The van der Waals surface area contributed by atoms with Gasteiger partial charge in [-0.3, -0.25) is 28.8 Å². The Labute approximate surface area is 355 Å². The van der Waals surface area contributed by atoms with Crippen molar-refractivity contribution in [3.63, 3.8) is 0 Å². The Morgan fingerprint density at radius 1 is 0.869 bits per heavy atom. The number of anilines is 3. The van der Waals surface area contributed by atoms with Gasteiger partial charge in [-0.15, -0.1) is 0 Å². The molecule has 2 N–H and O–H groups in total. The highest BCUT2D eigenvalue weighted by molar-refractivity contribution is 7.44. The Kier molecular flexibility index (Phi) is 14.2. The number of aromatic nitrogens is 4. The molecule has 61 heavy (non-hydrogen) atoms. The number of fused-ring (bicyclic) bond motifs is 2. The van der Waals surface area contributed by atoms with Crippen LogP contribution in [0, 0.1) is 25.2 Å². The fraction of sp³-hybridized carbons (Fsp3) is 0.378. The molecular formula is C45H52N7O8P. The average molecular weight is 850 g/mol. The first-order valence-corrected chi connectivity index (χ1v) is 21.5. The Morgan fingerprint density at radius 2 is 1.48 bits per heavy atom. The Hall–Kier alpha value is -5.75. The van der Waals surface area contributed by atoms with Gasteiger partial charge in [0.2, 0.25) is 0 Å². The van der Waals surface area contributed by atoms with Gasteiger partial charge in [-0.2, -0.15) is 9.83 Å². The molecule has 0 saturated carbocycles. The second kappa shape index (κ2) is 19.3. The van der Waals surface area contributed by atoms with Crippen molar-refractivity contribution in [3.8, 4) is 6.07 Å². The second-order valence-electron chi connectivity index (χ2n) is 15.6. The third-order valence-electron chi connectivity index (χ3n) is 10.4. The summed E-state index contributed by atoms with van der Waals surface area (Å²) < 4.78 is 17.2. The predicted molar refractivity (Wildman–Crippen MR) is 235 cm³/mol. The Bertz CT molecular complexity index is 2650. The van der Waals surface area contributed by atoms with Crippen LogP contribution in [0.5, 0.6) is 0 Å². The van der Waals surface area contributed by atoms with Crippen molar-refractivity contribution in [2.45, 2.75) is 99.0 Å². The van der Waals surface area contributed by atoms with Gasteiger partial charge in [-0.05, 0) is 84.2 Å². The number of carbonyl (C=O) groups is 1. The van der Waals surface area contributed by atoms with Crippen LogP contribution in [0.15, 0.2) is 92.0 Å². The number of nitriles is 1. The van der Waals surface area contributed by atoms with Crippen LogP contribution < -0.4 is 27.4 Å². The van der Waals surface area contributed by atoms with Crippen molar-refractivity contribution >= 4 is 31.8 Å². The fourth-order valence-corrected chi connectivity index (χ4v) is 9.05. The van der Waals surface area contributed by atoms with Gasteiger partial charge in [0.05, 0.1) is 36.8 Å². The summed E-state index contributed by atoms with van der Waals surface area (Å²) in [5.41, 5.74) is 0.101. The molecule has 16 heteroatoms. The van der Waals surface area contributed by atoms with E-state index in [9.17, 15) is 29.1 Å². The van der Waals surface area contributed by atoms with Crippen LogP contribution in [-0.2, 0) is 28.4 Å². The van der Waals surface area contributed by atoms with Crippen molar-refractivity contribution in [1.29, 1.82) is 5.26 Å². The summed E-state index contributed by atoms with van der Waals surface area (Å²) >= 11 is 0. The van der Waals surface area contributed by atoms with Crippen molar-refractivity contribution < 1.29 is 18.9 Å². The summed E-state index contributed by atoms with van der Waals surface area (Å²) in [7, 11) is -1.46. The van der Waals surface area contributed by atoms with E-state index in [2.05, 4.69) is 43.4 Å². The molecule has 2 aromatic heterocycles. The van der Waals surface area contributed by atoms with Crippen molar-refractivity contribution in [2.75, 3.05) is 18.1 Å². The zero-order valence-electron chi connectivity index (χ0n) is 35.5. The number of hydrogen-bond acceptors (Lipinski definition) is 11. The zero-order valence-corrected chi connectivity index (χ0v) is 36.4. The first-order valence-electron chi connectivity index (χ1n) is 20.4. The Balaban J connectivity index is 1.49. The molecule has 2 atom stereocenters. The van der Waals surface area contributed by atoms with Crippen LogP contribution in [0.25, 0.3) is 0 Å². The molecule has 0 spiro atoms. The molecule has 320 valence electrons. The highest BCUT2D eigenvalue weighted by Gasteiger charge is 2.37. The number of aryl methyl sites for hydroxylation is 2. The number of hydrogen-bond donors (Lipinski definition) is 2. The van der Waals surface area contributed by atoms with E-state index in [-0.39, 0.29) is 66.4 Å². The molecule has 5 aromatic rings.